The van der Waals surface area contributed by atoms with Gasteiger partial charge in [0.1, 0.15) is 5.60 Å². The maximum atomic E-state index is 11.9. The summed E-state index contributed by atoms with van der Waals surface area (Å²) < 4.78 is 10.0. The van der Waals surface area contributed by atoms with Gasteiger partial charge in [-0.25, -0.2) is 4.79 Å². The van der Waals surface area contributed by atoms with Crippen molar-refractivity contribution in [2.45, 2.75) is 33.3 Å². The van der Waals surface area contributed by atoms with E-state index in [9.17, 15) is 14.4 Å². The van der Waals surface area contributed by atoms with Crippen LogP contribution in [0.1, 0.15) is 38.1 Å². The van der Waals surface area contributed by atoms with Crippen LogP contribution in [-0.4, -0.2) is 36.6 Å². The lowest BCUT2D eigenvalue weighted by Crippen LogP contribution is -2.37. The molecule has 0 aliphatic rings. The summed E-state index contributed by atoms with van der Waals surface area (Å²) in [7, 11) is 0. The molecule has 24 heavy (non-hydrogen) atoms. The zero-order valence-corrected chi connectivity index (χ0v) is 15.0. The normalized spacial score (nSPS) is 12.2. The van der Waals surface area contributed by atoms with Crippen LogP contribution in [0.5, 0.6) is 0 Å². The van der Waals surface area contributed by atoms with Crippen LogP contribution in [0.4, 0.5) is 4.79 Å². The first-order chi connectivity index (χ1) is 11.1. The quantitative estimate of drug-likeness (QED) is 0.625. The van der Waals surface area contributed by atoms with Crippen LogP contribution in [-0.2, 0) is 14.3 Å². The van der Waals surface area contributed by atoms with E-state index >= 15 is 0 Å². The van der Waals surface area contributed by atoms with E-state index in [-0.39, 0.29) is 18.9 Å². The molecule has 0 radical (unpaired) electrons. The van der Waals surface area contributed by atoms with Crippen LogP contribution >= 0.6 is 11.6 Å². The van der Waals surface area contributed by atoms with Gasteiger partial charge < -0.3 is 14.8 Å². The number of hydrogen-bond donors (Lipinski definition) is 1. The minimum Gasteiger partial charge on any atom is -0.457 e. The Labute approximate surface area is 146 Å². The molecule has 1 atom stereocenters. The van der Waals surface area contributed by atoms with Crippen molar-refractivity contribution < 1.29 is 23.9 Å². The maximum Gasteiger partial charge on any atom is 0.407 e. The summed E-state index contributed by atoms with van der Waals surface area (Å²) in [6.45, 7) is 6.51. The smallest absolute Gasteiger partial charge is 0.407 e. The third-order valence-electron chi connectivity index (χ3n) is 2.87. The number of rotatable bonds is 6. The molecule has 7 heteroatoms. The number of ether oxygens (including phenoxy) is 2. The minimum atomic E-state index is -0.612. The number of halogens is 1. The number of alkyl carbamates (subject to hydrolysis) is 1. The van der Waals surface area contributed by atoms with E-state index in [1.807, 2.05) is 0 Å². The van der Waals surface area contributed by atoms with E-state index < -0.39 is 23.6 Å². The van der Waals surface area contributed by atoms with E-state index in [0.717, 1.165) is 0 Å². The van der Waals surface area contributed by atoms with Crippen molar-refractivity contribution in [3.05, 3.63) is 34.9 Å². The van der Waals surface area contributed by atoms with Crippen LogP contribution < -0.4 is 5.32 Å². The van der Waals surface area contributed by atoms with E-state index in [1.54, 1.807) is 52.0 Å². The van der Waals surface area contributed by atoms with Crippen LogP contribution in [0.2, 0.25) is 5.02 Å². The number of Topliss-reactive ketones (excluding diaryl/α,β-unsaturated/α-hetero) is 1. The third kappa shape index (κ3) is 7.46. The lowest BCUT2D eigenvalue weighted by Gasteiger charge is -2.20. The van der Waals surface area contributed by atoms with Gasteiger partial charge in [0.05, 0.1) is 5.92 Å². The largest absolute Gasteiger partial charge is 0.457 e. The Bertz CT molecular complexity index is 592. The highest BCUT2D eigenvalue weighted by Gasteiger charge is 2.20. The molecule has 0 saturated carbocycles. The molecule has 0 fully saturated rings. The van der Waals surface area contributed by atoms with Gasteiger partial charge in [-0.1, -0.05) is 18.5 Å². The molecule has 0 saturated heterocycles. The minimum absolute atomic E-state index is 0.0584. The van der Waals surface area contributed by atoms with Gasteiger partial charge in [-0.2, -0.15) is 0 Å². The number of esters is 1. The van der Waals surface area contributed by atoms with Crippen LogP contribution in [0.3, 0.4) is 0 Å². The summed E-state index contributed by atoms with van der Waals surface area (Å²) in [5.41, 5.74) is -0.203. The molecule has 1 N–H and O–H groups in total. The molecular weight excluding hydrogens is 334 g/mol. The van der Waals surface area contributed by atoms with Crippen molar-refractivity contribution in [1.82, 2.24) is 5.32 Å². The topological polar surface area (TPSA) is 81.7 Å². The number of benzene rings is 1. The van der Waals surface area contributed by atoms with E-state index in [0.29, 0.717) is 10.6 Å². The highest BCUT2D eigenvalue weighted by Crippen LogP contribution is 2.10. The Balaban J connectivity index is 2.37. The molecule has 1 aromatic carbocycles. The van der Waals surface area contributed by atoms with Crippen molar-refractivity contribution in [3.8, 4) is 0 Å². The fraction of sp³-hybridized carbons (Fsp3) is 0.471. The number of amides is 1. The fourth-order valence-electron chi connectivity index (χ4n) is 1.63. The summed E-state index contributed by atoms with van der Waals surface area (Å²) in [6.07, 6.45) is -0.612. The second kappa shape index (κ2) is 8.68. The number of carbonyl (C=O) groups is 3. The van der Waals surface area contributed by atoms with Gasteiger partial charge >= 0.3 is 12.1 Å². The SMILES string of the molecule is CC(CNC(=O)OC(C)(C)C)C(=O)OCC(=O)c1ccc(Cl)cc1. The summed E-state index contributed by atoms with van der Waals surface area (Å²) in [4.78, 5) is 35.3. The van der Waals surface area contributed by atoms with E-state index in [2.05, 4.69) is 5.32 Å². The van der Waals surface area contributed by atoms with Gasteiger partial charge in [0.2, 0.25) is 0 Å². The lowest BCUT2D eigenvalue weighted by atomic mass is 10.1. The van der Waals surface area contributed by atoms with Gasteiger partial charge in [-0.15, -0.1) is 0 Å². The summed E-state index contributed by atoms with van der Waals surface area (Å²) in [5.74, 6) is -1.50. The second-order valence-electron chi connectivity index (χ2n) is 6.32. The standard InChI is InChI=1S/C17H22ClNO5/c1-11(9-19-16(22)24-17(2,3)4)15(21)23-10-14(20)12-5-7-13(18)8-6-12/h5-8,11H,9-10H2,1-4H3,(H,19,22). The van der Waals surface area contributed by atoms with Gasteiger partial charge in [-0.3, -0.25) is 9.59 Å². The molecule has 6 nitrogen and oxygen atoms in total. The lowest BCUT2D eigenvalue weighted by molar-refractivity contribution is -0.146. The van der Waals surface area contributed by atoms with Crippen molar-refractivity contribution in [2.75, 3.05) is 13.2 Å². The maximum absolute atomic E-state index is 11.9. The molecule has 0 aromatic heterocycles. The van der Waals surface area contributed by atoms with E-state index in [4.69, 9.17) is 21.1 Å². The fourth-order valence-corrected chi connectivity index (χ4v) is 1.76. The zero-order chi connectivity index (χ0) is 18.3. The highest BCUT2D eigenvalue weighted by atomic mass is 35.5. The Morgan fingerprint density at radius 2 is 1.75 bits per heavy atom. The first-order valence-electron chi connectivity index (χ1n) is 7.51. The number of carbonyl (C=O) groups excluding carboxylic acids is 3. The van der Waals surface area contributed by atoms with Gasteiger partial charge in [0.15, 0.2) is 12.4 Å². The Kier molecular flexibility index (Phi) is 7.22. The molecule has 0 heterocycles. The van der Waals surface area contributed by atoms with Crippen molar-refractivity contribution in [2.24, 2.45) is 5.92 Å². The van der Waals surface area contributed by atoms with E-state index in [1.165, 1.54) is 0 Å². The highest BCUT2D eigenvalue weighted by molar-refractivity contribution is 6.30. The summed E-state index contributed by atoms with van der Waals surface area (Å²) in [6, 6.07) is 6.30. The molecular formula is C17H22ClNO5. The van der Waals surface area contributed by atoms with Crippen molar-refractivity contribution >= 4 is 29.4 Å². The van der Waals surface area contributed by atoms with Crippen LogP contribution in [0, 0.1) is 5.92 Å². The molecule has 0 aliphatic carbocycles. The molecule has 0 aliphatic heterocycles. The molecule has 0 bridgehead atoms. The Hall–Kier alpha value is -2.08. The first-order valence-corrected chi connectivity index (χ1v) is 7.88. The van der Waals surface area contributed by atoms with Crippen molar-refractivity contribution in [1.29, 1.82) is 0 Å². The van der Waals surface area contributed by atoms with Crippen molar-refractivity contribution in [3.63, 3.8) is 0 Å². The molecule has 1 unspecified atom stereocenters. The predicted octanol–water partition coefficient (Wildman–Crippen LogP) is 3.23. The first kappa shape index (κ1) is 20.0. The summed E-state index contributed by atoms with van der Waals surface area (Å²) >= 11 is 5.74. The monoisotopic (exact) mass is 355 g/mol. The van der Waals surface area contributed by atoms with Crippen LogP contribution in [0.15, 0.2) is 24.3 Å². The molecule has 1 aromatic rings. The Morgan fingerprint density at radius 3 is 2.29 bits per heavy atom. The third-order valence-corrected chi connectivity index (χ3v) is 3.12. The average Bonchev–Trinajstić information content (AvgIpc) is 2.48. The number of ketones is 1. The predicted molar refractivity (Wildman–Crippen MR) is 90.1 cm³/mol. The summed E-state index contributed by atoms with van der Waals surface area (Å²) in [5, 5.41) is 3.00. The second-order valence-corrected chi connectivity index (χ2v) is 6.76. The van der Waals surface area contributed by atoms with Gasteiger partial charge in [0.25, 0.3) is 0 Å². The van der Waals surface area contributed by atoms with Gasteiger partial charge in [-0.05, 0) is 45.0 Å². The van der Waals surface area contributed by atoms with Crippen LogP contribution in [0.25, 0.3) is 0 Å². The number of nitrogens with one attached hydrogen (secondary N) is 1. The van der Waals surface area contributed by atoms with Gasteiger partial charge in [0, 0.05) is 17.1 Å². The molecule has 132 valence electrons. The average molecular weight is 356 g/mol. The zero-order valence-electron chi connectivity index (χ0n) is 14.2. The number of hydrogen-bond acceptors (Lipinski definition) is 5. The molecule has 0 spiro atoms. The molecule has 1 amide bonds. The Morgan fingerprint density at radius 1 is 1.17 bits per heavy atom. The molecule has 1 rings (SSSR count).